The van der Waals surface area contributed by atoms with Crippen LogP contribution in [-0.4, -0.2) is 79.2 Å². The van der Waals surface area contributed by atoms with Crippen LogP contribution in [0.25, 0.3) is 0 Å². The number of carbonyl (C=O) groups excluding carboxylic acids is 2. The normalized spacial score (nSPS) is 22.2. The van der Waals surface area contributed by atoms with Crippen molar-refractivity contribution in [2.75, 3.05) is 19.6 Å². The fraction of sp³-hybridized carbons (Fsp3) is 0.630. The molecule has 9 heteroatoms. The molecule has 1 unspecified atom stereocenters. The summed E-state index contributed by atoms with van der Waals surface area (Å²) in [5.41, 5.74) is 3.09. The van der Waals surface area contributed by atoms with E-state index in [1.54, 1.807) is 11.1 Å². The Bertz CT molecular complexity index is 1040. The lowest BCUT2D eigenvalue weighted by Crippen LogP contribution is -2.75. The summed E-state index contributed by atoms with van der Waals surface area (Å²) in [5, 5.41) is 21.1. The third-order valence-electron chi connectivity index (χ3n) is 7.93. The Morgan fingerprint density at radius 3 is 2.47 bits per heavy atom. The van der Waals surface area contributed by atoms with Gasteiger partial charge in [0.05, 0.1) is 23.5 Å². The minimum atomic E-state index is -0.913. The summed E-state index contributed by atoms with van der Waals surface area (Å²) in [7, 11) is 0. The Morgan fingerprint density at radius 2 is 1.92 bits per heavy atom. The maximum absolute atomic E-state index is 13.6. The summed E-state index contributed by atoms with van der Waals surface area (Å²) in [4.78, 5) is 36.1. The molecule has 0 aliphatic carbocycles. The minimum absolute atomic E-state index is 0.0933. The van der Waals surface area contributed by atoms with Crippen molar-refractivity contribution < 1.29 is 14.7 Å². The van der Waals surface area contributed by atoms with Gasteiger partial charge in [0.15, 0.2) is 0 Å². The quantitative estimate of drug-likeness (QED) is 0.517. The van der Waals surface area contributed by atoms with Gasteiger partial charge in [-0.2, -0.15) is 5.10 Å². The Balaban J connectivity index is 1.63. The van der Waals surface area contributed by atoms with Gasteiger partial charge in [-0.1, -0.05) is 33.3 Å². The fourth-order valence-corrected chi connectivity index (χ4v) is 5.76. The van der Waals surface area contributed by atoms with Crippen LogP contribution in [0, 0.1) is 19.8 Å². The average molecular weight is 497 g/mol. The number of aryl methyl sites for hydroxylation is 2. The van der Waals surface area contributed by atoms with E-state index in [2.05, 4.69) is 32.3 Å². The largest absolute Gasteiger partial charge is 0.390 e. The molecular formula is C27H40N6O3. The molecule has 4 rings (SSSR count). The number of aromatic amines is 1. The summed E-state index contributed by atoms with van der Waals surface area (Å²) in [6, 6.07) is 4.95. The number of nitrogens with one attached hydrogen (secondary N) is 2. The van der Waals surface area contributed by atoms with E-state index in [-0.39, 0.29) is 23.8 Å². The molecular weight excluding hydrogens is 456 g/mol. The van der Waals surface area contributed by atoms with Crippen molar-refractivity contribution >= 4 is 11.8 Å². The lowest BCUT2D eigenvalue weighted by Gasteiger charge is -2.53. The highest BCUT2D eigenvalue weighted by Crippen LogP contribution is 2.39. The molecule has 2 amide bonds. The van der Waals surface area contributed by atoms with Crippen molar-refractivity contribution in [2.45, 2.75) is 84.0 Å². The third-order valence-corrected chi connectivity index (χ3v) is 7.93. The van der Waals surface area contributed by atoms with Crippen molar-refractivity contribution in [3.8, 4) is 0 Å². The summed E-state index contributed by atoms with van der Waals surface area (Å²) < 4.78 is 0. The molecule has 2 aliphatic rings. The van der Waals surface area contributed by atoms with Crippen LogP contribution >= 0.6 is 0 Å². The highest BCUT2D eigenvalue weighted by molar-refractivity contribution is 6.00. The Kier molecular flexibility index (Phi) is 7.80. The number of carbonyl (C=O) groups is 2. The molecule has 2 saturated heterocycles. The molecule has 196 valence electrons. The van der Waals surface area contributed by atoms with Gasteiger partial charge in [-0.3, -0.25) is 24.6 Å². The molecule has 4 heterocycles. The minimum Gasteiger partial charge on any atom is -0.390 e. The molecule has 2 aromatic rings. The van der Waals surface area contributed by atoms with Crippen LogP contribution in [0.3, 0.4) is 0 Å². The number of rotatable bonds is 8. The lowest BCUT2D eigenvalue weighted by atomic mass is 9.79. The van der Waals surface area contributed by atoms with E-state index in [4.69, 9.17) is 0 Å². The van der Waals surface area contributed by atoms with Crippen molar-refractivity contribution in [3.05, 3.63) is 47.0 Å². The molecule has 0 radical (unpaired) electrons. The first-order valence-electron chi connectivity index (χ1n) is 13.2. The number of piperazine rings is 1. The molecule has 0 aromatic carbocycles. The molecule has 2 fully saturated rings. The van der Waals surface area contributed by atoms with Crippen LogP contribution in [-0.2, 0) is 9.59 Å². The molecule has 9 nitrogen and oxygen atoms in total. The smallest absolute Gasteiger partial charge is 0.248 e. The SMILES string of the molecule is CCCCN1C(=O)[C@@H]([C@H](O)C(C)C)NC(=O)C12CCN(C(c1ccccn1)c1c(C)n[nH]c1C)CC2. The number of piperidine rings is 1. The zero-order chi connectivity index (χ0) is 26.0. The number of amides is 2. The van der Waals surface area contributed by atoms with E-state index in [9.17, 15) is 14.7 Å². The summed E-state index contributed by atoms with van der Waals surface area (Å²) in [6.45, 7) is 11.6. The Hall–Kier alpha value is -2.78. The molecule has 2 aliphatic heterocycles. The van der Waals surface area contributed by atoms with E-state index in [1.807, 2.05) is 45.9 Å². The van der Waals surface area contributed by atoms with Gasteiger partial charge in [-0.15, -0.1) is 0 Å². The number of aliphatic hydroxyl groups is 1. The number of aromatic nitrogens is 3. The van der Waals surface area contributed by atoms with E-state index in [0.29, 0.717) is 32.5 Å². The van der Waals surface area contributed by atoms with E-state index in [1.165, 1.54) is 0 Å². The number of aliphatic hydroxyl groups excluding tert-OH is 1. The monoisotopic (exact) mass is 496 g/mol. The Morgan fingerprint density at radius 1 is 1.19 bits per heavy atom. The zero-order valence-corrected chi connectivity index (χ0v) is 22.1. The predicted octanol–water partition coefficient (Wildman–Crippen LogP) is 2.49. The van der Waals surface area contributed by atoms with E-state index in [0.717, 1.165) is 35.5 Å². The van der Waals surface area contributed by atoms with Crippen molar-refractivity contribution in [1.82, 2.24) is 30.3 Å². The summed E-state index contributed by atoms with van der Waals surface area (Å²) in [5.74, 6) is -0.447. The first kappa shape index (κ1) is 26.3. The molecule has 3 N–H and O–H groups in total. The van der Waals surface area contributed by atoms with Gasteiger partial charge < -0.3 is 15.3 Å². The molecule has 1 spiro atoms. The fourth-order valence-electron chi connectivity index (χ4n) is 5.76. The third kappa shape index (κ3) is 4.66. The van der Waals surface area contributed by atoms with Gasteiger partial charge in [0.1, 0.15) is 11.6 Å². The van der Waals surface area contributed by atoms with Crippen LogP contribution in [0.15, 0.2) is 24.4 Å². The first-order chi connectivity index (χ1) is 17.2. The second-order valence-electron chi connectivity index (χ2n) is 10.6. The number of H-pyrrole nitrogens is 1. The van der Waals surface area contributed by atoms with Gasteiger partial charge in [-0.25, -0.2) is 0 Å². The molecule has 0 bridgehead atoms. The van der Waals surface area contributed by atoms with Gasteiger partial charge >= 0.3 is 0 Å². The first-order valence-corrected chi connectivity index (χ1v) is 13.2. The maximum atomic E-state index is 13.6. The lowest BCUT2D eigenvalue weighted by molar-refractivity contribution is -0.165. The van der Waals surface area contributed by atoms with Gasteiger partial charge in [0.2, 0.25) is 11.8 Å². The van der Waals surface area contributed by atoms with Crippen LogP contribution < -0.4 is 5.32 Å². The summed E-state index contributed by atoms with van der Waals surface area (Å²) in [6.07, 6.45) is 3.68. The topological polar surface area (TPSA) is 114 Å². The van der Waals surface area contributed by atoms with Crippen molar-refractivity contribution in [3.63, 3.8) is 0 Å². The Labute approximate surface area is 213 Å². The zero-order valence-electron chi connectivity index (χ0n) is 22.1. The van der Waals surface area contributed by atoms with E-state index >= 15 is 0 Å². The van der Waals surface area contributed by atoms with Crippen LogP contribution in [0.5, 0.6) is 0 Å². The second-order valence-corrected chi connectivity index (χ2v) is 10.6. The number of unbranched alkanes of at least 4 members (excludes halogenated alkanes) is 1. The van der Waals surface area contributed by atoms with Crippen LogP contribution in [0.1, 0.15) is 75.1 Å². The standard InChI is InChI=1S/C27H40N6O3/c1-6-7-14-33-25(35)22(24(34)17(2)3)29-26(36)27(33)11-15-32(16-12-27)23(20-10-8-9-13-28-20)21-18(4)30-31-19(21)5/h8-10,13,17,22-24,34H,6-7,11-12,14-16H2,1-5H3,(H,29,36)(H,30,31)/t22-,23?,24-/m1/s1. The molecule has 3 atom stereocenters. The van der Waals surface area contributed by atoms with Gasteiger partial charge in [-0.05, 0) is 51.2 Å². The number of pyridine rings is 1. The highest BCUT2D eigenvalue weighted by Gasteiger charge is 2.55. The average Bonchev–Trinajstić information content (AvgIpc) is 3.20. The highest BCUT2D eigenvalue weighted by atomic mass is 16.3. The van der Waals surface area contributed by atoms with E-state index < -0.39 is 17.7 Å². The summed E-state index contributed by atoms with van der Waals surface area (Å²) >= 11 is 0. The van der Waals surface area contributed by atoms with Gasteiger partial charge in [0.25, 0.3) is 0 Å². The molecule has 2 aromatic heterocycles. The number of nitrogens with zero attached hydrogens (tertiary/aromatic N) is 4. The van der Waals surface area contributed by atoms with Crippen molar-refractivity contribution in [2.24, 2.45) is 5.92 Å². The maximum Gasteiger partial charge on any atom is 0.248 e. The van der Waals surface area contributed by atoms with Crippen molar-refractivity contribution in [1.29, 1.82) is 0 Å². The molecule has 0 saturated carbocycles. The number of hydrogen-bond donors (Lipinski definition) is 3. The number of hydrogen-bond acceptors (Lipinski definition) is 6. The van der Waals surface area contributed by atoms with Crippen LogP contribution in [0.2, 0.25) is 0 Å². The number of likely N-dealkylation sites (tertiary alicyclic amines) is 1. The van der Waals surface area contributed by atoms with Gasteiger partial charge in [0, 0.05) is 37.1 Å². The predicted molar refractivity (Wildman–Crippen MR) is 137 cm³/mol. The molecule has 36 heavy (non-hydrogen) atoms. The second kappa shape index (κ2) is 10.7. The van der Waals surface area contributed by atoms with Crippen LogP contribution in [0.4, 0.5) is 0 Å².